The van der Waals surface area contributed by atoms with Gasteiger partial charge in [-0.1, -0.05) is 5.16 Å². The molecule has 0 aromatic carbocycles. The molecule has 2 N–H and O–H groups in total. The summed E-state index contributed by atoms with van der Waals surface area (Å²) in [5.41, 5.74) is 0.753. The molecule has 0 spiro atoms. The van der Waals surface area contributed by atoms with Gasteiger partial charge in [0, 0.05) is 25.2 Å². The topological polar surface area (TPSA) is 105 Å². The number of hydrogen-bond donors (Lipinski definition) is 2. The molecule has 8 nitrogen and oxygen atoms in total. The summed E-state index contributed by atoms with van der Waals surface area (Å²) in [5, 5.41) is 9.17. The molecule has 2 rings (SSSR count). The predicted molar refractivity (Wildman–Crippen MR) is 76.1 cm³/mol. The Hall–Kier alpha value is -1.61. The minimum Gasteiger partial charge on any atom is -0.359 e. The van der Waals surface area contributed by atoms with Gasteiger partial charge in [0.2, 0.25) is 10.0 Å². The Labute approximate surface area is 123 Å². The van der Waals surface area contributed by atoms with Crippen LogP contribution in [0.15, 0.2) is 10.6 Å². The van der Waals surface area contributed by atoms with Crippen molar-refractivity contribution in [2.24, 2.45) is 0 Å². The van der Waals surface area contributed by atoms with Crippen molar-refractivity contribution < 1.29 is 17.7 Å². The van der Waals surface area contributed by atoms with Gasteiger partial charge in [-0.2, -0.15) is 0 Å². The second-order valence-electron chi connectivity index (χ2n) is 5.22. The Morgan fingerprint density at radius 1 is 1.57 bits per heavy atom. The fourth-order valence-electron chi connectivity index (χ4n) is 2.26. The standard InChI is InChI=1S/C12H20N4O4S/c1-9-6-11(20-15-9)7-13-12(17)14-10-4-3-5-16(8-10)21(2,18)19/h6,10H,3-5,7-8H2,1-2H3,(H2,13,14,17). The first-order valence-electron chi connectivity index (χ1n) is 6.76. The molecule has 1 saturated heterocycles. The van der Waals surface area contributed by atoms with Crippen LogP contribution < -0.4 is 10.6 Å². The number of sulfonamides is 1. The highest BCUT2D eigenvalue weighted by atomic mass is 32.2. The van der Waals surface area contributed by atoms with Gasteiger partial charge >= 0.3 is 6.03 Å². The fraction of sp³-hybridized carbons (Fsp3) is 0.667. The third-order valence-electron chi connectivity index (χ3n) is 3.29. The SMILES string of the molecule is Cc1cc(CNC(=O)NC2CCCN(S(C)(=O)=O)C2)on1. The second kappa shape index (κ2) is 6.44. The zero-order valence-corrected chi connectivity index (χ0v) is 12.9. The van der Waals surface area contributed by atoms with E-state index in [-0.39, 0.29) is 18.6 Å². The molecule has 1 aromatic heterocycles. The molecule has 1 aliphatic heterocycles. The molecule has 1 aromatic rings. The number of carbonyl (C=O) groups is 1. The summed E-state index contributed by atoms with van der Waals surface area (Å²) in [5.74, 6) is 0.573. The minimum absolute atomic E-state index is 0.176. The largest absolute Gasteiger partial charge is 0.359 e. The summed E-state index contributed by atoms with van der Waals surface area (Å²) >= 11 is 0. The molecule has 118 valence electrons. The maximum absolute atomic E-state index is 11.8. The van der Waals surface area contributed by atoms with E-state index in [9.17, 15) is 13.2 Å². The highest BCUT2D eigenvalue weighted by Gasteiger charge is 2.26. The van der Waals surface area contributed by atoms with Crippen molar-refractivity contribution in [2.75, 3.05) is 19.3 Å². The van der Waals surface area contributed by atoms with E-state index < -0.39 is 10.0 Å². The van der Waals surface area contributed by atoms with Crippen molar-refractivity contribution in [3.63, 3.8) is 0 Å². The van der Waals surface area contributed by atoms with Crippen molar-refractivity contribution in [1.29, 1.82) is 0 Å². The highest BCUT2D eigenvalue weighted by Crippen LogP contribution is 2.13. The molecule has 9 heteroatoms. The van der Waals surface area contributed by atoms with E-state index in [0.29, 0.717) is 18.8 Å². The summed E-state index contributed by atoms with van der Waals surface area (Å²) in [6.07, 6.45) is 2.68. The zero-order chi connectivity index (χ0) is 15.5. The van der Waals surface area contributed by atoms with Crippen LogP contribution in [0.25, 0.3) is 0 Å². The number of nitrogens with zero attached hydrogens (tertiary/aromatic N) is 2. The summed E-state index contributed by atoms with van der Waals surface area (Å²) in [6, 6.07) is 1.22. The molecule has 2 amide bonds. The number of aryl methyl sites for hydroxylation is 1. The van der Waals surface area contributed by atoms with E-state index in [2.05, 4.69) is 15.8 Å². The maximum atomic E-state index is 11.8. The summed E-state index contributed by atoms with van der Waals surface area (Å²) in [4.78, 5) is 11.8. The first-order valence-corrected chi connectivity index (χ1v) is 8.61. The van der Waals surface area contributed by atoms with Crippen LogP contribution in [0.1, 0.15) is 24.3 Å². The predicted octanol–water partition coefficient (Wildman–Crippen LogP) is 0.206. The first kappa shape index (κ1) is 15.8. The van der Waals surface area contributed by atoms with Crippen LogP contribution in [-0.2, 0) is 16.6 Å². The number of piperidine rings is 1. The molecule has 0 bridgehead atoms. The van der Waals surface area contributed by atoms with Gasteiger partial charge in [-0.15, -0.1) is 0 Å². The molecule has 2 heterocycles. The Balaban J connectivity index is 1.79. The Bertz CT molecular complexity index is 598. The summed E-state index contributed by atoms with van der Waals surface area (Å²) in [6.45, 7) is 2.87. The molecular weight excluding hydrogens is 296 g/mol. The fourth-order valence-corrected chi connectivity index (χ4v) is 3.18. The van der Waals surface area contributed by atoms with Gasteiger partial charge in [0.25, 0.3) is 0 Å². The van der Waals surface area contributed by atoms with Gasteiger partial charge in [-0.25, -0.2) is 17.5 Å². The van der Waals surface area contributed by atoms with Crippen LogP contribution in [0.3, 0.4) is 0 Å². The normalized spacial score (nSPS) is 20.2. The van der Waals surface area contributed by atoms with Gasteiger partial charge in [0.05, 0.1) is 18.5 Å². The molecule has 1 fully saturated rings. The van der Waals surface area contributed by atoms with Crippen molar-refractivity contribution in [2.45, 2.75) is 32.4 Å². The van der Waals surface area contributed by atoms with E-state index in [4.69, 9.17) is 4.52 Å². The van der Waals surface area contributed by atoms with Gasteiger partial charge in [0.1, 0.15) is 0 Å². The van der Waals surface area contributed by atoms with E-state index in [0.717, 1.165) is 18.5 Å². The Kier molecular flexibility index (Phi) is 4.84. The average Bonchev–Trinajstić information content (AvgIpc) is 2.82. The lowest BCUT2D eigenvalue weighted by molar-refractivity contribution is 0.224. The lowest BCUT2D eigenvalue weighted by atomic mass is 10.1. The van der Waals surface area contributed by atoms with Crippen LogP contribution >= 0.6 is 0 Å². The molecule has 1 aliphatic rings. The second-order valence-corrected chi connectivity index (χ2v) is 7.20. The van der Waals surface area contributed by atoms with E-state index >= 15 is 0 Å². The molecule has 0 radical (unpaired) electrons. The molecular formula is C12H20N4O4S. The molecule has 0 saturated carbocycles. The summed E-state index contributed by atoms with van der Waals surface area (Å²) < 4.78 is 29.4. The van der Waals surface area contributed by atoms with Crippen LogP contribution in [0.5, 0.6) is 0 Å². The van der Waals surface area contributed by atoms with Crippen molar-refractivity contribution >= 4 is 16.1 Å². The number of aromatic nitrogens is 1. The average molecular weight is 316 g/mol. The third-order valence-corrected chi connectivity index (χ3v) is 4.56. The number of urea groups is 1. The number of nitrogens with one attached hydrogen (secondary N) is 2. The van der Waals surface area contributed by atoms with Crippen molar-refractivity contribution in [3.05, 3.63) is 17.5 Å². The van der Waals surface area contributed by atoms with Gasteiger partial charge in [-0.05, 0) is 19.8 Å². The number of carbonyl (C=O) groups excluding carboxylic acids is 1. The zero-order valence-electron chi connectivity index (χ0n) is 12.1. The number of hydrogen-bond acceptors (Lipinski definition) is 5. The van der Waals surface area contributed by atoms with Crippen molar-refractivity contribution in [1.82, 2.24) is 20.1 Å². The van der Waals surface area contributed by atoms with E-state index in [1.54, 1.807) is 13.0 Å². The number of rotatable bonds is 4. The molecule has 0 aliphatic carbocycles. The molecule has 1 atom stereocenters. The Morgan fingerprint density at radius 2 is 2.33 bits per heavy atom. The molecule has 21 heavy (non-hydrogen) atoms. The smallest absolute Gasteiger partial charge is 0.315 e. The first-order chi connectivity index (χ1) is 9.84. The van der Waals surface area contributed by atoms with Gasteiger partial charge < -0.3 is 15.2 Å². The van der Waals surface area contributed by atoms with Gasteiger partial charge in [0.15, 0.2) is 5.76 Å². The maximum Gasteiger partial charge on any atom is 0.315 e. The van der Waals surface area contributed by atoms with Crippen LogP contribution in [0.4, 0.5) is 4.79 Å². The monoisotopic (exact) mass is 316 g/mol. The van der Waals surface area contributed by atoms with Crippen LogP contribution in [-0.4, -0.2) is 49.3 Å². The van der Waals surface area contributed by atoms with Gasteiger partial charge in [-0.3, -0.25) is 0 Å². The van der Waals surface area contributed by atoms with E-state index in [1.165, 1.54) is 10.6 Å². The highest BCUT2D eigenvalue weighted by molar-refractivity contribution is 7.88. The van der Waals surface area contributed by atoms with Crippen LogP contribution in [0.2, 0.25) is 0 Å². The third kappa shape index (κ3) is 4.71. The Morgan fingerprint density at radius 3 is 2.95 bits per heavy atom. The van der Waals surface area contributed by atoms with Crippen LogP contribution in [0, 0.1) is 6.92 Å². The lowest BCUT2D eigenvalue weighted by Gasteiger charge is -2.31. The summed E-state index contributed by atoms with van der Waals surface area (Å²) in [7, 11) is -3.21. The number of amides is 2. The minimum atomic E-state index is -3.21. The molecule has 1 unspecified atom stereocenters. The van der Waals surface area contributed by atoms with E-state index in [1.807, 2.05) is 0 Å². The van der Waals surface area contributed by atoms with Crippen molar-refractivity contribution in [3.8, 4) is 0 Å². The quantitative estimate of drug-likeness (QED) is 0.826. The lowest BCUT2D eigenvalue weighted by Crippen LogP contribution is -2.51.